The number of nitrogens with one attached hydrogen (secondary N) is 1. The number of rotatable bonds is 6. The molecule has 0 amide bonds. The van der Waals surface area contributed by atoms with E-state index in [4.69, 9.17) is 16.0 Å². The quantitative estimate of drug-likeness (QED) is 0.257. The number of aromatic hydroxyl groups is 1. The van der Waals surface area contributed by atoms with E-state index in [9.17, 15) is 14.7 Å². The number of carbonyl (C=O) groups excluding carboxylic acids is 1. The van der Waals surface area contributed by atoms with Gasteiger partial charge in [0.2, 0.25) is 5.88 Å². The predicted octanol–water partition coefficient (Wildman–Crippen LogP) is 5.88. The molecule has 0 fully saturated rings. The molecule has 180 valence electrons. The molecular formula is C27H26ClN3O4. The van der Waals surface area contributed by atoms with Crippen LogP contribution in [0.15, 0.2) is 51.7 Å². The van der Waals surface area contributed by atoms with Gasteiger partial charge in [0.25, 0.3) is 0 Å². The summed E-state index contributed by atoms with van der Waals surface area (Å²) in [6.07, 6.45) is 0.588. The number of nitrogens with zero attached hydrogens (tertiary/aromatic N) is 2. The third kappa shape index (κ3) is 4.59. The lowest BCUT2D eigenvalue weighted by atomic mass is 9.99. The maximum Gasteiger partial charge on any atom is 0.202 e. The van der Waals surface area contributed by atoms with Gasteiger partial charge in [-0.2, -0.15) is 0 Å². The van der Waals surface area contributed by atoms with Crippen molar-refractivity contribution in [1.29, 1.82) is 0 Å². The van der Waals surface area contributed by atoms with Crippen LogP contribution in [-0.4, -0.2) is 30.5 Å². The van der Waals surface area contributed by atoms with Crippen LogP contribution in [-0.2, 0) is 0 Å². The molecule has 7 nitrogen and oxygen atoms in total. The molecule has 2 N–H and O–H groups in total. The molecule has 0 aliphatic carbocycles. The van der Waals surface area contributed by atoms with Gasteiger partial charge in [-0.1, -0.05) is 17.7 Å². The molecular weight excluding hydrogens is 466 g/mol. The molecule has 0 spiro atoms. The number of aryl methyl sites for hydroxylation is 1. The van der Waals surface area contributed by atoms with Gasteiger partial charge in [0.1, 0.15) is 16.5 Å². The third-order valence-electron chi connectivity index (χ3n) is 5.90. The summed E-state index contributed by atoms with van der Waals surface area (Å²) in [5.41, 5.74) is 4.74. The molecule has 0 radical (unpaired) electrons. The lowest BCUT2D eigenvalue weighted by Crippen LogP contribution is -2.18. The van der Waals surface area contributed by atoms with E-state index >= 15 is 0 Å². The Kier molecular flexibility index (Phi) is 6.54. The van der Waals surface area contributed by atoms with E-state index in [0.29, 0.717) is 45.6 Å². The average Bonchev–Trinajstić information content (AvgIpc) is 2.82. The summed E-state index contributed by atoms with van der Waals surface area (Å²) >= 11 is 6.19. The van der Waals surface area contributed by atoms with Crippen LogP contribution in [0.2, 0.25) is 5.15 Å². The van der Waals surface area contributed by atoms with E-state index in [-0.39, 0.29) is 27.9 Å². The van der Waals surface area contributed by atoms with Crippen LogP contribution in [0.3, 0.4) is 0 Å². The number of fused-ring (bicyclic) bond motifs is 1. The van der Waals surface area contributed by atoms with Crippen molar-refractivity contribution in [1.82, 2.24) is 4.98 Å². The fourth-order valence-corrected chi connectivity index (χ4v) is 4.33. The van der Waals surface area contributed by atoms with Crippen LogP contribution < -0.4 is 15.6 Å². The van der Waals surface area contributed by atoms with E-state index in [1.165, 1.54) is 6.07 Å². The summed E-state index contributed by atoms with van der Waals surface area (Å²) in [5.74, 6) is 0.404. The average molecular weight is 492 g/mol. The first-order valence-corrected chi connectivity index (χ1v) is 11.5. The van der Waals surface area contributed by atoms with Crippen LogP contribution in [0.5, 0.6) is 5.75 Å². The van der Waals surface area contributed by atoms with Crippen molar-refractivity contribution in [3.63, 3.8) is 0 Å². The van der Waals surface area contributed by atoms with Crippen LogP contribution in [0, 0.1) is 13.8 Å². The molecule has 1 unspecified atom stereocenters. The molecule has 1 atom stereocenters. The van der Waals surface area contributed by atoms with E-state index in [2.05, 4.69) is 10.3 Å². The zero-order valence-electron chi connectivity index (χ0n) is 20.1. The van der Waals surface area contributed by atoms with Gasteiger partial charge >= 0.3 is 0 Å². The molecule has 8 heteroatoms. The van der Waals surface area contributed by atoms with Gasteiger partial charge in [0.05, 0.1) is 33.9 Å². The molecule has 0 aliphatic rings. The first-order chi connectivity index (χ1) is 16.6. The molecule has 0 saturated carbocycles. The van der Waals surface area contributed by atoms with Crippen molar-refractivity contribution in [2.45, 2.75) is 26.8 Å². The zero-order chi connectivity index (χ0) is 25.4. The number of benzene rings is 2. The Morgan fingerprint density at radius 1 is 1.14 bits per heavy atom. The Bertz CT molecular complexity index is 1510. The number of aromatic nitrogens is 1. The minimum Gasteiger partial charge on any atom is -0.507 e. The topological polar surface area (TPSA) is 95.7 Å². The first-order valence-electron chi connectivity index (χ1n) is 11.1. The fourth-order valence-electron chi connectivity index (χ4n) is 4.18. The van der Waals surface area contributed by atoms with Crippen molar-refractivity contribution in [3.05, 3.63) is 80.1 Å². The largest absolute Gasteiger partial charge is 0.507 e. The summed E-state index contributed by atoms with van der Waals surface area (Å²) in [6.45, 7) is 5.67. The highest BCUT2D eigenvalue weighted by Crippen LogP contribution is 2.35. The Morgan fingerprint density at radius 3 is 2.57 bits per heavy atom. The summed E-state index contributed by atoms with van der Waals surface area (Å²) < 4.78 is 6.24. The minimum absolute atomic E-state index is 0.0635. The number of hydrogen-bond donors (Lipinski definition) is 2. The highest BCUT2D eigenvalue weighted by molar-refractivity contribution is 6.29. The van der Waals surface area contributed by atoms with E-state index in [1.807, 2.05) is 40.1 Å². The maximum atomic E-state index is 13.1. The molecule has 4 aromatic rings. The zero-order valence-corrected chi connectivity index (χ0v) is 20.9. The number of phenols is 1. The monoisotopic (exact) mass is 491 g/mol. The molecule has 35 heavy (non-hydrogen) atoms. The summed E-state index contributed by atoms with van der Waals surface area (Å²) in [4.78, 5) is 30.7. The van der Waals surface area contributed by atoms with Gasteiger partial charge < -0.3 is 19.7 Å². The van der Waals surface area contributed by atoms with Crippen molar-refractivity contribution < 1.29 is 14.3 Å². The van der Waals surface area contributed by atoms with Gasteiger partial charge in [-0.25, -0.2) is 4.98 Å². The molecule has 2 aromatic heterocycles. The molecule has 4 rings (SSSR count). The first kappa shape index (κ1) is 24.3. The number of anilines is 2. The van der Waals surface area contributed by atoms with E-state index in [0.717, 1.165) is 11.1 Å². The predicted molar refractivity (Wildman–Crippen MR) is 140 cm³/mol. The maximum absolute atomic E-state index is 13.1. The number of phenolic OH excluding ortho intramolecular Hbond substituents is 1. The van der Waals surface area contributed by atoms with Crippen LogP contribution in [0.4, 0.5) is 11.6 Å². The van der Waals surface area contributed by atoms with E-state index < -0.39 is 0 Å². The van der Waals surface area contributed by atoms with Crippen molar-refractivity contribution in [2.75, 3.05) is 24.3 Å². The Balaban J connectivity index is 1.84. The molecule has 2 heterocycles. The van der Waals surface area contributed by atoms with Gasteiger partial charge in [-0.05, 0) is 62.7 Å². The second-order valence-electron chi connectivity index (χ2n) is 8.77. The van der Waals surface area contributed by atoms with Crippen LogP contribution in [0.1, 0.15) is 40.0 Å². The summed E-state index contributed by atoms with van der Waals surface area (Å²) in [5, 5.41) is 14.2. The smallest absolute Gasteiger partial charge is 0.202 e. The fraction of sp³-hybridized carbons (Fsp3) is 0.222. The van der Waals surface area contributed by atoms with Crippen molar-refractivity contribution in [2.24, 2.45) is 0 Å². The number of aldehydes is 1. The lowest BCUT2D eigenvalue weighted by Gasteiger charge is -2.21. The Labute approximate surface area is 208 Å². The second-order valence-corrected chi connectivity index (χ2v) is 9.16. The van der Waals surface area contributed by atoms with E-state index in [1.54, 1.807) is 36.1 Å². The molecule has 0 bridgehead atoms. The van der Waals surface area contributed by atoms with Crippen molar-refractivity contribution >= 4 is 40.4 Å². The lowest BCUT2D eigenvalue weighted by molar-refractivity contribution is 0.112. The summed E-state index contributed by atoms with van der Waals surface area (Å²) in [7, 11) is 3.67. The third-order valence-corrected chi connectivity index (χ3v) is 6.11. The van der Waals surface area contributed by atoms with Crippen LogP contribution >= 0.6 is 11.6 Å². The number of pyridine rings is 1. The molecule has 0 saturated heterocycles. The van der Waals surface area contributed by atoms with Gasteiger partial charge in [0, 0.05) is 25.2 Å². The van der Waals surface area contributed by atoms with Gasteiger partial charge in [0.15, 0.2) is 11.7 Å². The normalized spacial score (nSPS) is 11.9. The Morgan fingerprint density at radius 2 is 1.89 bits per heavy atom. The van der Waals surface area contributed by atoms with Crippen molar-refractivity contribution in [3.8, 4) is 17.0 Å². The highest BCUT2D eigenvalue weighted by atomic mass is 35.5. The standard InChI is InChI=1S/C27H26ClN3O4/c1-14-10-19(26-20(11-14)25(34)15(2)27(35-26)31(4)5)16(3)29-21-7-9-23(28)30-24(21)17-6-8-22(33)18(12-17)13-32/h6-13,16,29,33H,1-5H3. The minimum atomic E-state index is -0.275. The molecule has 0 aliphatic heterocycles. The SMILES string of the molecule is Cc1cc(C(C)Nc2ccc(Cl)nc2-c2ccc(O)c(C=O)c2)c2oc(N(C)C)c(C)c(=O)c2c1. The second kappa shape index (κ2) is 9.43. The number of hydrogen-bond acceptors (Lipinski definition) is 7. The number of halogens is 1. The molecule has 2 aromatic carbocycles. The van der Waals surface area contributed by atoms with Gasteiger partial charge in [-0.15, -0.1) is 0 Å². The van der Waals surface area contributed by atoms with Crippen LogP contribution in [0.25, 0.3) is 22.2 Å². The Hall–Kier alpha value is -3.84. The van der Waals surface area contributed by atoms with Gasteiger partial charge in [-0.3, -0.25) is 9.59 Å². The number of carbonyl (C=O) groups is 1. The summed E-state index contributed by atoms with van der Waals surface area (Å²) in [6, 6.07) is 11.7. The highest BCUT2D eigenvalue weighted by Gasteiger charge is 2.20.